The summed E-state index contributed by atoms with van der Waals surface area (Å²) in [7, 11) is 0. The number of benzene rings is 1. The summed E-state index contributed by atoms with van der Waals surface area (Å²) in [6.07, 6.45) is 3.17. The lowest BCUT2D eigenvalue weighted by molar-refractivity contribution is 0.102. The Bertz CT molecular complexity index is 1080. The number of rotatable bonds is 3. The number of hydrogen-bond acceptors (Lipinski definition) is 4. The SMILES string of the molecule is Nc1nn2ccccc2c1C(=O)Nc1ccnn1-c1ccccc1F. The van der Waals surface area contributed by atoms with Gasteiger partial charge in [0.05, 0.1) is 11.7 Å². The van der Waals surface area contributed by atoms with Crippen LogP contribution >= 0.6 is 0 Å². The van der Waals surface area contributed by atoms with E-state index in [1.165, 1.54) is 21.5 Å². The van der Waals surface area contributed by atoms with Crippen LogP contribution < -0.4 is 11.1 Å². The van der Waals surface area contributed by atoms with Crippen molar-refractivity contribution in [1.82, 2.24) is 19.4 Å². The average molecular weight is 336 g/mol. The molecule has 124 valence electrons. The Hall–Kier alpha value is -3.68. The minimum Gasteiger partial charge on any atom is -0.382 e. The third kappa shape index (κ3) is 2.49. The van der Waals surface area contributed by atoms with Crippen LogP contribution in [0.25, 0.3) is 11.2 Å². The Morgan fingerprint density at radius 3 is 2.76 bits per heavy atom. The number of halogens is 1. The Kier molecular flexibility index (Phi) is 3.42. The molecule has 0 unspecified atom stereocenters. The maximum atomic E-state index is 14.0. The van der Waals surface area contributed by atoms with E-state index in [0.29, 0.717) is 11.3 Å². The average Bonchev–Trinajstić information content (AvgIpc) is 3.18. The van der Waals surface area contributed by atoms with Gasteiger partial charge in [0.1, 0.15) is 22.9 Å². The lowest BCUT2D eigenvalue weighted by Crippen LogP contribution is -2.16. The molecule has 4 rings (SSSR count). The number of para-hydroxylation sites is 1. The minimum absolute atomic E-state index is 0.112. The highest BCUT2D eigenvalue weighted by atomic mass is 19.1. The smallest absolute Gasteiger partial charge is 0.262 e. The van der Waals surface area contributed by atoms with Crippen LogP contribution in [0.1, 0.15) is 10.4 Å². The zero-order valence-corrected chi connectivity index (χ0v) is 12.9. The second-order valence-electron chi connectivity index (χ2n) is 5.32. The Morgan fingerprint density at radius 1 is 1.12 bits per heavy atom. The molecule has 25 heavy (non-hydrogen) atoms. The van der Waals surface area contributed by atoms with Gasteiger partial charge in [-0.25, -0.2) is 13.6 Å². The zero-order chi connectivity index (χ0) is 17.4. The van der Waals surface area contributed by atoms with Crippen molar-refractivity contribution in [2.45, 2.75) is 0 Å². The number of nitrogens with one attached hydrogen (secondary N) is 1. The van der Waals surface area contributed by atoms with Crippen molar-refractivity contribution in [2.75, 3.05) is 11.1 Å². The number of aromatic nitrogens is 4. The van der Waals surface area contributed by atoms with E-state index in [0.717, 1.165) is 0 Å². The molecular weight excluding hydrogens is 323 g/mol. The second kappa shape index (κ2) is 5.75. The minimum atomic E-state index is -0.447. The number of fused-ring (bicyclic) bond motifs is 1. The quantitative estimate of drug-likeness (QED) is 0.601. The summed E-state index contributed by atoms with van der Waals surface area (Å²) in [4.78, 5) is 12.7. The number of pyridine rings is 1. The van der Waals surface area contributed by atoms with Crippen molar-refractivity contribution < 1.29 is 9.18 Å². The fourth-order valence-corrected chi connectivity index (χ4v) is 2.64. The predicted octanol–water partition coefficient (Wildman–Crippen LogP) is 2.49. The van der Waals surface area contributed by atoms with Crippen molar-refractivity contribution in [1.29, 1.82) is 0 Å². The van der Waals surface area contributed by atoms with Gasteiger partial charge in [-0.3, -0.25) is 4.79 Å². The van der Waals surface area contributed by atoms with Crippen molar-refractivity contribution in [3.8, 4) is 5.69 Å². The molecule has 3 N–H and O–H groups in total. The molecule has 7 nitrogen and oxygen atoms in total. The number of nitrogens with two attached hydrogens (primary N) is 1. The van der Waals surface area contributed by atoms with Crippen LogP contribution in [0.5, 0.6) is 0 Å². The number of anilines is 2. The highest BCUT2D eigenvalue weighted by Crippen LogP contribution is 2.22. The van der Waals surface area contributed by atoms with Crippen molar-refractivity contribution in [3.05, 3.63) is 72.3 Å². The van der Waals surface area contributed by atoms with Crippen LogP contribution in [-0.2, 0) is 0 Å². The van der Waals surface area contributed by atoms with Crippen LogP contribution in [0.2, 0.25) is 0 Å². The fraction of sp³-hybridized carbons (Fsp3) is 0. The molecule has 1 amide bonds. The van der Waals surface area contributed by atoms with Crippen molar-refractivity contribution in [2.24, 2.45) is 0 Å². The number of hydrogen-bond donors (Lipinski definition) is 2. The molecular formula is C17H13FN6O. The normalized spacial score (nSPS) is 10.9. The maximum Gasteiger partial charge on any atom is 0.262 e. The van der Waals surface area contributed by atoms with Crippen molar-refractivity contribution >= 4 is 23.1 Å². The second-order valence-corrected chi connectivity index (χ2v) is 5.32. The Labute approximate surface area is 141 Å². The Morgan fingerprint density at radius 2 is 1.92 bits per heavy atom. The molecule has 3 aromatic heterocycles. The fourth-order valence-electron chi connectivity index (χ4n) is 2.64. The molecule has 8 heteroatoms. The van der Waals surface area contributed by atoms with Crippen LogP contribution in [-0.4, -0.2) is 25.3 Å². The number of nitrogen functional groups attached to an aromatic ring is 1. The lowest BCUT2D eigenvalue weighted by Gasteiger charge is -2.09. The van der Waals surface area contributed by atoms with E-state index in [4.69, 9.17) is 5.73 Å². The van der Waals surface area contributed by atoms with Crippen LogP contribution in [0, 0.1) is 5.82 Å². The van der Waals surface area contributed by atoms with E-state index in [9.17, 15) is 9.18 Å². The van der Waals surface area contributed by atoms with Crippen molar-refractivity contribution in [3.63, 3.8) is 0 Å². The van der Waals surface area contributed by atoms with Gasteiger partial charge in [-0.2, -0.15) is 5.10 Å². The molecule has 3 heterocycles. The van der Waals surface area contributed by atoms with E-state index < -0.39 is 11.7 Å². The summed E-state index contributed by atoms with van der Waals surface area (Å²) < 4.78 is 16.9. The highest BCUT2D eigenvalue weighted by molar-refractivity contribution is 6.11. The summed E-state index contributed by atoms with van der Waals surface area (Å²) in [5.41, 5.74) is 6.94. The first-order valence-corrected chi connectivity index (χ1v) is 7.48. The molecule has 0 atom stereocenters. The van der Waals surface area contributed by atoms with E-state index in [-0.39, 0.29) is 17.1 Å². The van der Waals surface area contributed by atoms with Gasteiger partial charge in [-0.05, 0) is 24.3 Å². The maximum absolute atomic E-state index is 14.0. The number of carbonyl (C=O) groups excluding carboxylic acids is 1. The predicted molar refractivity (Wildman–Crippen MR) is 91.1 cm³/mol. The van der Waals surface area contributed by atoms with Gasteiger partial charge < -0.3 is 11.1 Å². The third-order valence-electron chi connectivity index (χ3n) is 3.76. The molecule has 0 aliphatic rings. The van der Waals surface area contributed by atoms with Gasteiger partial charge in [0.15, 0.2) is 5.82 Å². The van der Waals surface area contributed by atoms with Gasteiger partial charge in [0.25, 0.3) is 5.91 Å². The molecule has 4 aromatic rings. The highest BCUT2D eigenvalue weighted by Gasteiger charge is 2.19. The first-order valence-electron chi connectivity index (χ1n) is 7.48. The van der Waals surface area contributed by atoms with E-state index in [2.05, 4.69) is 15.5 Å². The first kappa shape index (κ1) is 14.9. The molecule has 0 spiro atoms. The van der Waals surface area contributed by atoms with Crippen LogP contribution in [0.4, 0.5) is 16.0 Å². The molecule has 0 fully saturated rings. The topological polar surface area (TPSA) is 90.2 Å². The van der Waals surface area contributed by atoms with E-state index in [1.54, 1.807) is 48.7 Å². The third-order valence-corrected chi connectivity index (χ3v) is 3.76. The molecule has 0 saturated carbocycles. The molecule has 0 aliphatic carbocycles. The summed E-state index contributed by atoms with van der Waals surface area (Å²) in [6.45, 7) is 0. The van der Waals surface area contributed by atoms with Crippen LogP contribution in [0.3, 0.4) is 0 Å². The van der Waals surface area contributed by atoms with Gasteiger partial charge in [0.2, 0.25) is 0 Å². The summed E-state index contributed by atoms with van der Waals surface area (Å²) in [6, 6.07) is 13.1. The van der Waals surface area contributed by atoms with Crippen LogP contribution in [0.15, 0.2) is 60.9 Å². The first-order chi connectivity index (χ1) is 12.1. The zero-order valence-electron chi connectivity index (χ0n) is 12.9. The summed E-state index contributed by atoms with van der Waals surface area (Å²) >= 11 is 0. The summed E-state index contributed by atoms with van der Waals surface area (Å²) in [5.74, 6) is -0.459. The van der Waals surface area contributed by atoms with Gasteiger partial charge in [0, 0.05) is 12.3 Å². The van der Waals surface area contributed by atoms with Gasteiger partial charge >= 0.3 is 0 Å². The molecule has 0 radical (unpaired) electrons. The number of amides is 1. The largest absolute Gasteiger partial charge is 0.382 e. The summed E-state index contributed by atoms with van der Waals surface area (Å²) in [5, 5.41) is 10.9. The van der Waals surface area contributed by atoms with E-state index >= 15 is 0 Å². The molecule has 1 aromatic carbocycles. The number of nitrogens with zero attached hydrogens (tertiary/aromatic N) is 4. The Balaban J connectivity index is 1.72. The molecule has 0 bridgehead atoms. The van der Waals surface area contributed by atoms with E-state index in [1.807, 2.05) is 0 Å². The van der Waals surface area contributed by atoms with Gasteiger partial charge in [-0.1, -0.05) is 18.2 Å². The lowest BCUT2D eigenvalue weighted by atomic mass is 10.2. The molecule has 0 saturated heterocycles. The number of carbonyl (C=O) groups is 1. The van der Waals surface area contributed by atoms with Gasteiger partial charge in [-0.15, -0.1) is 5.10 Å². The monoisotopic (exact) mass is 336 g/mol. The molecule has 0 aliphatic heterocycles. The standard InChI is InChI=1S/C17H13FN6O/c18-11-5-1-2-6-12(11)24-14(8-9-20-24)21-17(25)15-13-7-3-4-10-23(13)22-16(15)19/h1-10H,(H2,19,22)(H,21,25).